The average Bonchev–Trinajstić information content (AvgIpc) is 3.35. The molecule has 0 saturated heterocycles. The summed E-state index contributed by atoms with van der Waals surface area (Å²) in [6, 6.07) is 21.9. The Morgan fingerprint density at radius 3 is 1.65 bits per heavy atom. The Kier molecular flexibility index (Phi) is 5.84. The number of H-pyrrole nitrogens is 2. The minimum Gasteiger partial charge on any atom is -0.502 e. The van der Waals surface area contributed by atoms with Gasteiger partial charge in [0.1, 0.15) is 0 Å². The van der Waals surface area contributed by atoms with Gasteiger partial charge in [0, 0.05) is 23.4 Å². The number of aromatic nitrogens is 4. The first-order valence-corrected chi connectivity index (χ1v) is 11.5. The van der Waals surface area contributed by atoms with Crippen molar-refractivity contribution in [2.24, 2.45) is 0 Å². The Hall–Kier alpha value is -5.12. The topological polar surface area (TPSA) is 139 Å². The minimum atomic E-state index is -0.922. The van der Waals surface area contributed by atoms with Crippen LogP contribution >= 0.6 is 0 Å². The van der Waals surface area contributed by atoms with Gasteiger partial charge in [-0.3, -0.25) is 29.9 Å². The Morgan fingerprint density at radius 1 is 0.784 bits per heavy atom. The third kappa shape index (κ3) is 4.04. The van der Waals surface area contributed by atoms with Crippen LogP contribution in [0.3, 0.4) is 0 Å². The minimum absolute atomic E-state index is 0.288. The third-order valence-electron chi connectivity index (χ3n) is 6.37. The van der Waals surface area contributed by atoms with Gasteiger partial charge in [0.05, 0.1) is 27.4 Å². The largest absolute Gasteiger partial charge is 0.502 e. The summed E-state index contributed by atoms with van der Waals surface area (Å²) in [6.07, 6.45) is 0. The van der Waals surface area contributed by atoms with Crippen LogP contribution in [0.1, 0.15) is 34.0 Å². The molecule has 0 aliphatic carbocycles. The van der Waals surface area contributed by atoms with Crippen molar-refractivity contribution in [2.45, 2.75) is 19.8 Å². The SMILES string of the molecule is Cc1[nH]n(-c2ccccc2)c(=O)c1C(c1ccc([N+](=O)[O-])c(O)c1)c1c(C)[nH]n(-c2ccccc2)c1=O. The number of nitro groups is 1. The van der Waals surface area contributed by atoms with Gasteiger partial charge in [-0.15, -0.1) is 0 Å². The molecule has 0 aliphatic rings. The molecule has 186 valence electrons. The molecule has 0 fully saturated rings. The van der Waals surface area contributed by atoms with Crippen molar-refractivity contribution in [1.82, 2.24) is 19.6 Å². The molecule has 0 unspecified atom stereocenters. The number of benzene rings is 3. The molecule has 10 nitrogen and oxygen atoms in total. The third-order valence-corrected chi connectivity index (χ3v) is 6.37. The molecule has 5 rings (SSSR count). The number of aromatic amines is 2. The van der Waals surface area contributed by atoms with Gasteiger partial charge in [-0.2, -0.15) is 0 Å². The molecule has 3 aromatic carbocycles. The number of para-hydroxylation sites is 2. The predicted molar refractivity (Wildman–Crippen MR) is 138 cm³/mol. The van der Waals surface area contributed by atoms with Gasteiger partial charge in [-0.25, -0.2) is 9.36 Å². The quantitative estimate of drug-likeness (QED) is 0.240. The molecule has 0 spiro atoms. The summed E-state index contributed by atoms with van der Waals surface area (Å²) in [5, 5.41) is 27.9. The molecule has 2 heterocycles. The lowest BCUT2D eigenvalue weighted by Gasteiger charge is -2.16. The highest BCUT2D eigenvalue weighted by atomic mass is 16.6. The Labute approximate surface area is 210 Å². The second-order valence-corrected chi connectivity index (χ2v) is 8.69. The van der Waals surface area contributed by atoms with E-state index in [0.717, 1.165) is 0 Å². The van der Waals surface area contributed by atoms with Crippen LogP contribution in [0.2, 0.25) is 0 Å². The molecular formula is C27H23N5O5. The normalized spacial score (nSPS) is 11.2. The lowest BCUT2D eigenvalue weighted by molar-refractivity contribution is -0.385. The highest BCUT2D eigenvalue weighted by Crippen LogP contribution is 2.36. The van der Waals surface area contributed by atoms with Gasteiger partial charge >= 0.3 is 5.69 Å². The summed E-state index contributed by atoms with van der Waals surface area (Å²) >= 11 is 0. The van der Waals surface area contributed by atoms with Crippen LogP contribution in [0, 0.1) is 24.0 Å². The number of nitrogens with one attached hydrogen (secondary N) is 2. The van der Waals surface area contributed by atoms with E-state index in [9.17, 15) is 24.8 Å². The summed E-state index contributed by atoms with van der Waals surface area (Å²) < 4.78 is 2.78. The molecule has 3 N–H and O–H groups in total. The van der Waals surface area contributed by atoms with E-state index in [-0.39, 0.29) is 22.2 Å². The monoisotopic (exact) mass is 497 g/mol. The number of rotatable bonds is 6. The molecule has 10 heteroatoms. The first kappa shape index (κ1) is 23.6. The van der Waals surface area contributed by atoms with Gasteiger partial charge in [-0.1, -0.05) is 42.5 Å². The van der Waals surface area contributed by atoms with E-state index in [2.05, 4.69) is 10.2 Å². The first-order chi connectivity index (χ1) is 17.8. The molecule has 2 aromatic heterocycles. The number of aromatic hydroxyl groups is 1. The fraction of sp³-hybridized carbons (Fsp3) is 0.111. The Balaban J connectivity index is 1.79. The molecule has 0 radical (unpaired) electrons. The second kappa shape index (κ2) is 9.15. The van der Waals surface area contributed by atoms with E-state index >= 15 is 0 Å². The summed E-state index contributed by atoms with van der Waals surface area (Å²) in [5.41, 5.74) is 1.97. The lowest BCUT2D eigenvalue weighted by atomic mass is 9.85. The van der Waals surface area contributed by atoms with Crippen LogP contribution in [0.25, 0.3) is 11.4 Å². The molecule has 0 atom stereocenters. The number of hydrogen-bond acceptors (Lipinski definition) is 5. The summed E-state index contributed by atoms with van der Waals surface area (Å²) in [5.74, 6) is -1.48. The zero-order chi connectivity index (χ0) is 26.3. The zero-order valence-corrected chi connectivity index (χ0v) is 20.0. The van der Waals surface area contributed by atoms with E-state index in [1.54, 1.807) is 62.4 Å². The van der Waals surface area contributed by atoms with Gasteiger partial charge in [-0.05, 0) is 49.7 Å². The van der Waals surface area contributed by atoms with E-state index in [4.69, 9.17) is 0 Å². The van der Waals surface area contributed by atoms with Gasteiger partial charge < -0.3 is 5.11 Å². The number of nitrogens with zero attached hydrogens (tertiary/aromatic N) is 3. The zero-order valence-electron chi connectivity index (χ0n) is 20.0. The molecular weight excluding hydrogens is 474 g/mol. The van der Waals surface area contributed by atoms with Crippen LogP contribution in [-0.4, -0.2) is 29.6 Å². The molecule has 5 aromatic rings. The van der Waals surface area contributed by atoms with Crippen molar-refractivity contribution in [1.29, 1.82) is 0 Å². The van der Waals surface area contributed by atoms with E-state index in [1.807, 2.05) is 12.1 Å². The van der Waals surface area contributed by atoms with Gasteiger partial charge in [0.2, 0.25) is 0 Å². The first-order valence-electron chi connectivity index (χ1n) is 11.5. The van der Waals surface area contributed by atoms with Crippen molar-refractivity contribution in [2.75, 3.05) is 0 Å². The number of phenolic OH excluding ortho intramolecular Hbond substituents is 1. The van der Waals surface area contributed by atoms with Crippen molar-refractivity contribution >= 4 is 5.69 Å². The van der Waals surface area contributed by atoms with Crippen LogP contribution in [0.5, 0.6) is 5.75 Å². The molecule has 37 heavy (non-hydrogen) atoms. The molecule has 0 amide bonds. The summed E-state index contributed by atoms with van der Waals surface area (Å²) in [7, 11) is 0. The van der Waals surface area contributed by atoms with Crippen molar-refractivity contribution in [3.05, 3.63) is 138 Å². The van der Waals surface area contributed by atoms with Crippen LogP contribution < -0.4 is 11.1 Å². The van der Waals surface area contributed by atoms with Crippen LogP contribution in [0.4, 0.5) is 5.69 Å². The number of nitro benzene ring substituents is 1. The van der Waals surface area contributed by atoms with E-state index in [0.29, 0.717) is 28.3 Å². The van der Waals surface area contributed by atoms with Crippen LogP contribution in [-0.2, 0) is 0 Å². The molecule has 0 saturated carbocycles. The van der Waals surface area contributed by atoms with Crippen LogP contribution in [0.15, 0.2) is 88.5 Å². The Bertz CT molecular complexity index is 1630. The lowest BCUT2D eigenvalue weighted by Crippen LogP contribution is -2.25. The maximum atomic E-state index is 13.8. The standard InChI is InChI=1S/C27H23N5O5/c1-16-23(26(34)30(28-16)19-9-5-3-6-10-19)25(18-13-14-21(32(36)37)22(33)15-18)24-17(2)29-31(27(24)35)20-11-7-4-8-12-20/h3-15,25,28-29,33H,1-2H3. The van der Waals surface area contributed by atoms with Crippen molar-refractivity contribution in [3.8, 4) is 17.1 Å². The maximum absolute atomic E-state index is 13.8. The number of phenols is 1. The number of aryl methyl sites for hydroxylation is 2. The average molecular weight is 498 g/mol. The van der Waals surface area contributed by atoms with Gasteiger partial charge in [0.25, 0.3) is 11.1 Å². The van der Waals surface area contributed by atoms with Gasteiger partial charge in [0.15, 0.2) is 5.75 Å². The smallest absolute Gasteiger partial charge is 0.310 e. The highest BCUT2D eigenvalue weighted by Gasteiger charge is 2.32. The highest BCUT2D eigenvalue weighted by molar-refractivity contribution is 5.54. The molecule has 0 bridgehead atoms. The summed E-state index contributed by atoms with van der Waals surface area (Å²) in [6.45, 7) is 3.46. The van der Waals surface area contributed by atoms with Crippen molar-refractivity contribution < 1.29 is 10.0 Å². The number of hydrogen-bond donors (Lipinski definition) is 3. The summed E-state index contributed by atoms with van der Waals surface area (Å²) in [4.78, 5) is 38.2. The fourth-order valence-corrected chi connectivity index (χ4v) is 4.67. The van der Waals surface area contributed by atoms with E-state index < -0.39 is 22.3 Å². The fourth-order valence-electron chi connectivity index (χ4n) is 4.67. The molecule has 0 aliphatic heterocycles. The predicted octanol–water partition coefficient (Wildman–Crippen LogP) is 4.06. The van der Waals surface area contributed by atoms with E-state index in [1.165, 1.54) is 27.6 Å². The van der Waals surface area contributed by atoms with Crippen molar-refractivity contribution in [3.63, 3.8) is 0 Å². The second-order valence-electron chi connectivity index (χ2n) is 8.69. The maximum Gasteiger partial charge on any atom is 0.310 e. The Morgan fingerprint density at radius 2 is 1.24 bits per heavy atom.